The minimum absolute atomic E-state index is 0.0969. The fourth-order valence-corrected chi connectivity index (χ4v) is 4.37. The smallest absolute Gasteiger partial charge is 0.339 e. The van der Waals surface area contributed by atoms with Crippen LogP contribution in [0.2, 0.25) is 0 Å². The molecule has 1 unspecified atom stereocenters. The van der Waals surface area contributed by atoms with Crippen LogP contribution in [0.25, 0.3) is 0 Å². The molecule has 0 saturated carbocycles. The predicted molar refractivity (Wildman–Crippen MR) is 109 cm³/mol. The van der Waals surface area contributed by atoms with Crippen molar-refractivity contribution in [3.63, 3.8) is 0 Å². The van der Waals surface area contributed by atoms with Crippen molar-refractivity contribution in [2.75, 3.05) is 0 Å². The van der Waals surface area contributed by atoms with E-state index in [4.69, 9.17) is 9.92 Å². The zero-order valence-corrected chi connectivity index (χ0v) is 17.1. The molecule has 0 bridgehead atoms. The number of aliphatic hydroxyl groups excluding tert-OH is 1. The van der Waals surface area contributed by atoms with Crippen molar-refractivity contribution >= 4 is 27.8 Å². The van der Waals surface area contributed by atoms with Gasteiger partial charge in [-0.15, -0.1) is 0 Å². The Kier molecular flexibility index (Phi) is 8.82. The van der Waals surface area contributed by atoms with Crippen LogP contribution in [0.15, 0.2) is 64.4 Å². The Morgan fingerprint density at radius 2 is 1.64 bits per heavy atom. The third-order valence-corrected chi connectivity index (χ3v) is 6.27. The molecule has 152 valence electrons. The second-order valence-corrected chi connectivity index (χ2v) is 9.11. The molecule has 2 aromatic carbocycles. The molecular formula is C20H25NO5S2. The molecule has 0 radical (unpaired) electrons. The number of hydrogen-bond donors (Lipinski definition) is 2. The highest BCUT2D eigenvalue weighted by atomic mass is 32.2. The number of primary amides is 1. The van der Waals surface area contributed by atoms with E-state index in [1.54, 1.807) is 42.5 Å². The highest BCUT2D eigenvalue weighted by Gasteiger charge is 2.16. The van der Waals surface area contributed by atoms with Crippen LogP contribution in [0.3, 0.4) is 0 Å². The molecule has 2 rings (SSSR count). The first-order chi connectivity index (χ1) is 13.4. The molecule has 0 aromatic heterocycles. The quantitative estimate of drug-likeness (QED) is 0.233. The fraction of sp³-hybridized carbons (Fsp3) is 0.350. The summed E-state index contributed by atoms with van der Waals surface area (Å²) in [6.07, 6.45) is 4.56. The molecule has 0 heterocycles. The number of hydrogen-bond acceptors (Lipinski definition) is 6. The van der Waals surface area contributed by atoms with E-state index < -0.39 is 15.6 Å². The van der Waals surface area contributed by atoms with Crippen molar-refractivity contribution in [3.8, 4) is 5.75 Å². The van der Waals surface area contributed by atoms with Gasteiger partial charge in [-0.1, -0.05) is 42.8 Å². The van der Waals surface area contributed by atoms with Gasteiger partial charge in [-0.05, 0) is 55.7 Å². The summed E-state index contributed by atoms with van der Waals surface area (Å²) in [4.78, 5) is 11.6. The highest BCUT2D eigenvalue weighted by Crippen LogP contribution is 2.28. The van der Waals surface area contributed by atoms with Gasteiger partial charge in [0.25, 0.3) is 0 Å². The van der Waals surface area contributed by atoms with E-state index in [2.05, 4.69) is 0 Å². The average Bonchev–Trinajstić information content (AvgIpc) is 2.66. The van der Waals surface area contributed by atoms with Gasteiger partial charge in [0.05, 0.1) is 0 Å². The maximum atomic E-state index is 12.2. The third kappa shape index (κ3) is 7.92. The second-order valence-electron chi connectivity index (χ2n) is 6.31. The molecule has 8 heteroatoms. The monoisotopic (exact) mass is 423 g/mol. The van der Waals surface area contributed by atoms with Crippen molar-refractivity contribution in [1.29, 1.82) is 0 Å². The lowest BCUT2D eigenvalue weighted by molar-refractivity contribution is -0.118. The zero-order chi connectivity index (χ0) is 20.4. The minimum Gasteiger partial charge on any atom is -0.382 e. The van der Waals surface area contributed by atoms with Crippen LogP contribution < -0.4 is 9.92 Å². The Bertz CT molecular complexity index is 839. The van der Waals surface area contributed by atoms with Gasteiger partial charge in [0.15, 0.2) is 0 Å². The topological polar surface area (TPSA) is 107 Å². The number of nitrogens with two attached hydrogens (primary N) is 1. The Morgan fingerprint density at radius 1 is 1.00 bits per heavy atom. The number of rotatable bonds is 12. The van der Waals surface area contributed by atoms with E-state index >= 15 is 0 Å². The molecule has 3 N–H and O–H groups in total. The summed E-state index contributed by atoms with van der Waals surface area (Å²) in [5.74, 6) is -0.0586. The van der Waals surface area contributed by atoms with Crippen LogP contribution in [0, 0.1) is 0 Å². The maximum Gasteiger partial charge on any atom is 0.339 e. The molecule has 28 heavy (non-hydrogen) atoms. The Balaban J connectivity index is 1.77. The van der Waals surface area contributed by atoms with E-state index in [-0.39, 0.29) is 16.6 Å². The molecule has 0 aliphatic rings. The molecule has 6 nitrogen and oxygen atoms in total. The van der Waals surface area contributed by atoms with Crippen LogP contribution in [-0.2, 0) is 14.9 Å². The molecule has 0 spiro atoms. The van der Waals surface area contributed by atoms with Crippen molar-refractivity contribution in [1.82, 2.24) is 0 Å². The number of carbonyl (C=O) groups excluding carboxylic acids is 1. The molecule has 1 amide bonds. The first kappa shape index (κ1) is 22.3. The average molecular weight is 424 g/mol. The van der Waals surface area contributed by atoms with Crippen LogP contribution >= 0.6 is 11.8 Å². The number of amides is 1. The fourth-order valence-electron chi connectivity index (χ4n) is 2.52. The predicted octanol–water partition coefficient (Wildman–Crippen LogP) is 3.69. The Labute approximate surface area is 170 Å². The van der Waals surface area contributed by atoms with Crippen molar-refractivity contribution in [2.45, 2.75) is 53.8 Å². The Morgan fingerprint density at radius 3 is 2.29 bits per heavy atom. The van der Waals surface area contributed by atoms with Gasteiger partial charge < -0.3 is 15.0 Å². The van der Waals surface area contributed by atoms with Gasteiger partial charge in [-0.25, -0.2) is 0 Å². The highest BCUT2D eigenvalue weighted by molar-refractivity contribution is 7.99. The molecule has 0 aliphatic heterocycles. The number of benzene rings is 2. The van der Waals surface area contributed by atoms with Gasteiger partial charge in [-0.2, -0.15) is 8.42 Å². The minimum atomic E-state index is -3.86. The summed E-state index contributed by atoms with van der Waals surface area (Å²) in [6, 6.07) is 14.5. The second kappa shape index (κ2) is 11.1. The number of carbonyl (C=O) groups is 1. The molecule has 1 atom stereocenters. The number of aliphatic hydroxyl groups is 1. The summed E-state index contributed by atoms with van der Waals surface area (Å²) >= 11 is 1.31. The number of unbranched alkanes of at least 4 members (excludes halogenated alkanes) is 3. The molecule has 0 fully saturated rings. The Hall–Kier alpha value is -2.03. The van der Waals surface area contributed by atoms with E-state index in [1.807, 2.05) is 0 Å². The van der Waals surface area contributed by atoms with E-state index in [1.165, 1.54) is 23.9 Å². The SMILES string of the molecule is NC(=O)CCCCCCC(O)Sc1ccc(OS(=O)(=O)c2ccccc2)cc1. The summed E-state index contributed by atoms with van der Waals surface area (Å²) in [6.45, 7) is 0. The van der Waals surface area contributed by atoms with Crippen LogP contribution in [0.1, 0.15) is 38.5 Å². The van der Waals surface area contributed by atoms with Crippen LogP contribution in [0.4, 0.5) is 0 Å². The summed E-state index contributed by atoms with van der Waals surface area (Å²) in [7, 11) is -3.86. The third-order valence-electron chi connectivity index (χ3n) is 3.96. The maximum absolute atomic E-state index is 12.2. The van der Waals surface area contributed by atoms with Gasteiger partial charge in [0.1, 0.15) is 16.1 Å². The first-order valence-corrected chi connectivity index (χ1v) is 11.4. The van der Waals surface area contributed by atoms with Crippen molar-refractivity contribution in [2.24, 2.45) is 5.73 Å². The summed E-state index contributed by atoms with van der Waals surface area (Å²) in [5.41, 5.74) is 4.55. The molecular weight excluding hydrogens is 398 g/mol. The molecule has 0 aliphatic carbocycles. The summed E-state index contributed by atoms with van der Waals surface area (Å²) in [5, 5.41) is 10.1. The van der Waals surface area contributed by atoms with Crippen LogP contribution in [-0.4, -0.2) is 24.9 Å². The van der Waals surface area contributed by atoms with E-state index in [0.717, 1.165) is 30.6 Å². The van der Waals surface area contributed by atoms with Gasteiger partial charge in [0, 0.05) is 11.3 Å². The lowest BCUT2D eigenvalue weighted by atomic mass is 10.1. The molecule has 0 saturated heterocycles. The van der Waals surface area contributed by atoms with Gasteiger partial charge in [0.2, 0.25) is 5.91 Å². The summed E-state index contributed by atoms with van der Waals surface area (Å²) < 4.78 is 29.5. The van der Waals surface area contributed by atoms with Crippen molar-refractivity contribution < 1.29 is 22.5 Å². The largest absolute Gasteiger partial charge is 0.382 e. The standard InChI is InChI=1S/C20H25NO5S2/c21-19(22)10-6-1-2-7-11-20(23)27-17-14-12-16(13-15-17)26-28(24,25)18-8-4-3-5-9-18/h3-5,8-9,12-15,20,23H,1-2,6-7,10-11H2,(H2,21,22). The zero-order valence-electron chi connectivity index (χ0n) is 15.5. The van der Waals surface area contributed by atoms with Gasteiger partial charge >= 0.3 is 10.1 Å². The lowest BCUT2D eigenvalue weighted by Gasteiger charge is -2.11. The van der Waals surface area contributed by atoms with Crippen LogP contribution in [0.5, 0.6) is 5.75 Å². The molecule has 2 aromatic rings. The van der Waals surface area contributed by atoms with E-state index in [0.29, 0.717) is 12.8 Å². The van der Waals surface area contributed by atoms with E-state index in [9.17, 15) is 18.3 Å². The lowest BCUT2D eigenvalue weighted by Crippen LogP contribution is -2.09. The normalized spacial score (nSPS) is 12.5. The first-order valence-electron chi connectivity index (χ1n) is 9.09. The number of thioether (sulfide) groups is 1. The van der Waals surface area contributed by atoms with Gasteiger partial charge in [-0.3, -0.25) is 4.79 Å². The van der Waals surface area contributed by atoms with Crippen molar-refractivity contribution in [3.05, 3.63) is 54.6 Å².